The number of likely N-dealkylation sites (tertiary alicyclic amines) is 2. The van der Waals surface area contributed by atoms with Crippen LogP contribution < -0.4 is 0 Å². The lowest BCUT2D eigenvalue weighted by molar-refractivity contribution is -0.152. The first-order valence-corrected chi connectivity index (χ1v) is 8.36. The largest absolute Gasteiger partial charge is 0.481 e. The maximum Gasteiger partial charge on any atom is 0.320 e. The Morgan fingerprint density at radius 1 is 1.00 bits per heavy atom. The summed E-state index contributed by atoms with van der Waals surface area (Å²) in [5, 5.41) is 9.62. The second-order valence-corrected chi connectivity index (χ2v) is 6.54. The lowest BCUT2D eigenvalue weighted by Gasteiger charge is -2.41. The average Bonchev–Trinajstić information content (AvgIpc) is 2.76. The number of urea groups is 1. The van der Waals surface area contributed by atoms with E-state index in [4.69, 9.17) is 0 Å². The van der Waals surface area contributed by atoms with E-state index in [2.05, 4.69) is 0 Å². The van der Waals surface area contributed by atoms with Gasteiger partial charge in [0.05, 0.1) is 5.41 Å². The van der Waals surface area contributed by atoms with Gasteiger partial charge in [0, 0.05) is 26.2 Å². The van der Waals surface area contributed by atoms with Gasteiger partial charge in [-0.1, -0.05) is 26.2 Å². The predicted octanol–water partition coefficient (Wildman–Crippen LogP) is 2.95. The van der Waals surface area contributed by atoms with Gasteiger partial charge in [-0.25, -0.2) is 4.79 Å². The first kappa shape index (κ1) is 16.1. The number of carboxylic acids is 1. The molecule has 0 saturated carbocycles. The highest BCUT2D eigenvalue weighted by atomic mass is 16.4. The standard InChI is InChI=1S/C16H28N2O3/c1-2-8-16(14(19)20)9-7-12-18(13-16)15(21)17-10-5-3-4-6-11-17/h2-13H2,1H3,(H,19,20). The van der Waals surface area contributed by atoms with Gasteiger partial charge in [0.25, 0.3) is 0 Å². The Morgan fingerprint density at radius 2 is 1.62 bits per heavy atom. The molecule has 0 aromatic rings. The van der Waals surface area contributed by atoms with Crippen LogP contribution in [-0.2, 0) is 4.79 Å². The molecule has 120 valence electrons. The molecule has 2 heterocycles. The van der Waals surface area contributed by atoms with Crippen molar-refractivity contribution in [1.29, 1.82) is 0 Å². The highest BCUT2D eigenvalue weighted by Gasteiger charge is 2.43. The molecule has 0 radical (unpaired) electrons. The number of aliphatic carboxylic acids is 1. The highest BCUT2D eigenvalue weighted by molar-refractivity contribution is 5.79. The number of carboxylic acid groups (broad SMARTS) is 1. The van der Waals surface area contributed by atoms with E-state index in [-0.39, 0.29) is 6.03 Å². The van der Waals surface area contributed by atoms with Crippen molar-refractivity contribution in [2.75, 3.05) is 26.2 Å². The van der Waals surface area contributed by atoms with Crippen LogP contribution in [0.4, 0.5) is 4.79 Å². The van der Waals surface area contributed by atoms with E-state index in [9.17, 15) is 14.7 Å². The maximum absolute atomic E-state index is 12.7. The third kappa shape index (κ3) is 3.69. The summed E-state index contributed by atoms with van der Waals surface area (Å²) in [7, 11) is 0. The van der Waals surface area contributed by atoms with E-state index in [1.165, 1.54) is 12.8 Å². The first-order valence-electron chi connectivity index (χ1n) is 8.36. The highest BCUT2D eigenvalue weighted by Crippen LogP contribution is 2.35. The summed E-state index contributed by atoms with van der Waals surface area (Å²) in [5.74, 6) is -0.738. The summed E-state index contributed by atoms with van der Waals surface area (Å²) in [6.45, 7) is 4.74. The van der Waals surface area contributed by atoms with Gasteiger partial charge in [0.2, 0.25) is 0 Å². The molecule has 2 aliphatic rings. The van der Waals surface area contributed by atoms with Crippen molar-refractivity contribution < 1.29 is 14.7 Å². The molecule has 0 bridgehead atoms. The van der Waals surface area contributed by atoms with E-state index in [0.29, 0.717) is 25.9 Å². The van der Waals surface area contributed by atoms with Crippen LogP contribution in [0.25, 0.3) is 0 Å². The quantitative estimate of drug-likeness (QED) is 0.871. The second kappa shape index (κ2) is 7.14. The summed E-state index contributed by atoms with van der Waals surface area (Å²) >= 11 is 0. The summed E-state index contributed by atoms with van der Waals surface area (Å²) < 4.78 is 0. The van der Waals surface area contributed by atoms with Gasteiger partial charge < -0.3 is 14.9 Å². The minimum atomic E-state index is -0.738. The van der Waals surface area contributed by atoms with Crippen molar-refractivity contribution in [1.82, 2.24) is 9.80 Å². The molecule has 1 N–H and O–H groups in total. The maximum atomic E-state index is 12.7. The molecule has 1 atom stereocenters. The molecular weight excluding hydrogens is 268 g/mol. The Labute approximate surface area is 127 Å². The Balaban J connectivity index is 2.05. The van der Waals surface area contributed by atoms with Crippen LogP contribution >= 0.6 is 0 Å². The lowest BCUT2D eigenvalue weighted by Crippen LogP contribution is -2.53. The molecule has 5 heteroatoms. The minimum absolute atomic E-state index is 0.0540. The second-order valence-electron chi connectivity index (χ2n) is 6.54. The fourth-order valence-electron chi connectivity index (χ4n) is 3.72. The summed E-state index contributed by atoms with van der Waals surface area (Å²) in [4.78, 5) is 28.1. The molecule has 0 aliphatic carbocycles. The SMILES string of the molecule is CCCC1(C(=O)O)CCCN(C(=O)N2CCCCCC2)C1. The van der Waals surface area contributed by atoms with E-state index in [0.717, 1.165) is 38.8 Å². The summed E-state index contributed by atoms with van der Waals surface area (Å²) in [6.07, 6.45) is 7.52. The van der Waals surface area contributed by atoms with Crippen LogP contribution in [0.5, 0.6) is 0 Å². The van der Waals surface area contributed by atoms with E-state index in [1.54, 1.807) is 4.90 Å². The molecule has 21 heavy (non-hydrogen) atoms. The number of hydrogen-bond donors (Lipinski definition) is 1. The molecule has 2 rings (SSSR count). The Kier molecular flexibility index (Phi) is 5.48. The topological polar surface area (TPSA) is 60.9 Å². The van der Waals surface area contributed by atoms with Gasteiger partial charge >= 0.3 is 12.0 Å². The smallest absolute Gasteiger partial charge is 0.320 e. The average molecular weight is 296 g/mol. The van der Waals surface area contributed by atoms with Crippen molar-refractivity contribution in [3.05, 3.63) is 0 Å². The lowest BCUT2D eigenvalue weighted by atomic mass is 9.76. The molecular formula is C16H28N2O3. The van der Waals surface area contributed by atoms with Crippen molar-refractivity contribution in [2.24, 2.45) is 5.41 Å². The number of hydrogen-bond acceptors (Lipinski definition) is 2. The third-order valence-electron chi connectivity index (χ3n) is 4.91. The van der Waals surface area contributed by atoms with Crippen LogP contribution in [0, 0.1) is 5.41 Å². The van der Waals surface area contributed by atoms with Crippen molar-refractivity contribution >= 4 is 12.0 Å². The van der Waals surface area contributed by atoms with Crippen molar-refractivity contribution in [3.8, 4) is 0 Å². The van der Waals surface area contributed by atoms with Gasteiger partial charge in [0.15, 0.2) is 0 Å². The van der Waals surface area contributed by atoms with Crippen molar-refractivity contribution in [2.45, 2.75) is 58.3 Å². The zero-order chi connectivity index (χ0) is 15.3. The first-order chi connectivity index (χ1) is 10.1. The number of carbonyl (C=O) groups is 2. The molecule has 5 nitrogen and oxygen atoms in total. The number of carbonyl (C=O) groups excluding carboxylic acids is 1. The molecule has 2 fully saturated rings. The van der Waals surface area contributed by atoms with E-state index < -0.39 is 11.4 Å². The summed E-state index contributed by atoms with van der Waals surface area (Å²) in [5.41, 5.74) is -0.728. The van der Waals surface area contributed by atoms with Crippen LogP contribution in [0.2, 0.25) is 0 Å². The monoisotopic (exact) mass is 296 g/mol. The Morgan fingerprint density at radius 3 is 2.19 bits per heavy atom. The van der Waals surface area contributed by atoms with Gasteiger partial charge in [-0.15, -0.1) is 0 Å². The van der Waals surface area contributed by atoms with Crippen LogP contribution in [0.15, 0.2) is 0 Å². The molecule has 0 spiro atoms. The zero-order valence-electron chi connectivity index (χ0n) is 13.1. The Bertz CT molecular complexity index is 374. The molecule has 0 aromatic carbocycles. The van der Waals surface area contributed by atoms with Gasteiger partial charge in [0.1, 0.15) is 0 Å². The van der Waals surface area contributed by atoms with Crippen LogP contribution in [0.1, 0.15) is 58.3 Å². The van der Waals surface area contributed by atoms with E-state index in [1.807, 2.05) is 11.8 Å². The van der Waals surface area contributed by atoms with Gasteiger partial charge in [-0.3, -0.25) is 4.79 Å². The fraction of sp³-hybridized carbons (Fsp3) is 0.875. The molecule has 1 unspecified atom stereocenters. The number of rotatable bonds is 3. The van der Waals surface area contributed by atoms with Gasteiger partial charge in [-0.2, -0.15) is 0 Å². The number of amides is 2. The molecule has 2 amide bonds. The van der Waals surface area contributed by atoms with Crippen LogP contribution in [-0.4, -0.2) is 53.1 Å². The van der Waals surface area contributed by atoms with Crippen LogP contribution in [0.3, 0.4) is 0 Å². The molecule has 0 aromatic heterocycles. The zero-order valence-corrected chi connectivity index (χ0v) is 13.1. The number of nitrogens with zero attached hydrogens (tertiary/aromatic N) is 2. The number of piperidine rings is 1. The summed E-state index contributed by atoms with van der Waals surface area (Å²) in [6, 6.07) is 0.0540. The normalized spacial score (nSPS) is 27.3. The fourth-order valence-corrected chi connectivity index (χ4v) is 3.72. The Hall–Kier alpha value is -1.26. The van der Waals surface area contributed by atoms with Gasteiger partial charge in [-0.05, 0) is 32.1 Å². The predicted molar refractivity (Wildman–Crippen MR) is 81.2 cm³/mol. The molecule has 2 aliphatic heterocycles. The van der Waals surface area contributed by atoms with Crippen molar-refractivity contribution in [3.63, 3.8) is 0 Å². The molecule has 2 saturated heterocycles. The minimum Gasteiger partial charge on any atom is -0.481 e. The van der Waals surface area contributed by atoms with E-state index >= 15 is 0 Å². The third-order valence-corrected chi connectivity index (χ3v) is 4.91.